The second kappa shape index (κ2) is 6.25. The van der Waals surface area contributed by atoms with Crippen LogP contribution in [0.3, 0.4) is 0 Å². The van der Waals surface area contributed by atoms with E-state index in [0.29, 0.717) is 6.54 Å². The summed E-state index contributed by atoms with van der Waals surface area (Å²) < 4.78 is 1.38. The van der Waals surface area contributed by atoms with Crippen LogP contribution in [0.5, 0.6) is 0 Å². The highest BCUT2D eigenvalue weighted by atomic mass is 32.1. The molecule has 1 aromatic carbocycles. The summed E-state index contributed by atoms with van der Waals surface area (Å²) in [7, 11) is 0. The molecule has 108 valence electrons. The molecule has 3 rings (SSSR count). The minimum Gasteiger partial charge on any atom is -0.326 e. The van der Waals surface area contributed by atoms with E-state index < -0.39 is 0 Å². The van der Waals surface area contributed by atoms with Gasteiger partial charge >= 0.3 is 0 Å². The average Bonchev–Trinajstić information content (AvgIpc) is 3.12. The van der Waals surface area contributed by atoms with Crippen LogP contribution in [0.1, 0.15) is 43.0 Å². The maximum absolute atomic E-state index is 5.98. The van der Waals surface area contributed by atoms with Crippen molar-refractivity contribution in [3.8, 4) is 0 Å². The van der Waals surface area contributed by atoms with Crippen molar-refractivity contribution in [2.75, 3.05) is 6.54 Å². The smallest absolute Gasteiger partial charge is 0.0349 e. The van der Waals surface area contributed by atoms with Crippen molar-refractivity contribution in [2.45, 2.75) is 51.7 Å². The first-order valence-electron chi connectivity index (χ1n) is 7.77. The van der Waals surface area contributed by atoms with E-state index in [2.05, 4.69) is 36.1 Å². The number of rotatable bonds is 5. The molecule has 1 saturated carbocycles. The molecule has 0 spiro atoms. The zero-order valence-electron chi connectivity index (χ0n) is 12.3. The molecule has 2 aromatic rings. The molecule has 1 aliphatic carbocycles. The first-order chi connectivity index (χ1) is 9.83. The molecule has 1 aliphatic rings. The van der Waals surface area contributed by atoms with Crippen molar-refractivity contribution in [1.29, 1.82) is 0 Å². The van der Waals surface area contributed by atoms with Gasteiger partial charge in [0.2, 0.25) is 0 Å². The minimum absolute atomic E-state index is 0.664. The predicted octanol–water partition coefficient (Wildman–Crippen LogP) is 4.12. The number of hydrogen-bond donors (Lipinski definition) is 1. The van der Waals surface area contributed by atoms with E-state index in [1.807, 2.05) is 11.3 Å². The van der Waals surface area contributed by atoms with Crippen LogP contribution in [-0.2, 0) is 13.1 Å². The summed E-state index contributed by atoms with van der Waals surface area (Å²) in [4.78, 5) is 4.02. The number of fused-ring (bicyclic) bond motifs is 1. The SMILES string of the molecule is CCN(Cc1c(CN)sc2ccccc12)C1CCCC1. The molecular weight excluding hydrogens is 264 g/mol. The van der Waals surface area contributed by atoms with Gasteiger partial charge in [-0.2, -0.15) is 0 Å². The van der Waals surface area contributed by atoms with Crippen molar-refractivity contribution in [2.24, 2.45) is 5.73 Å². The number of nitrogens with two attached hydrogens (primary N) is 1. The lowest BCUT2D eigenvalue weighted by Crippen LogP contribution is -2.32. The normalized spacial score (nSPS) is 16.6. The van der Waals surface area contributed by atoms with Gasteiger partial charge in [0.25, 0.3) is 0 Å². The fraction of sp³-hybridized carbons (Fsp3) is 0.529. The van der Waals surface area contributed by atoms with E-state index in [1.165, 1.54) is 46.2 Å². The Morgan fingerprint density at radius 2 is 2.00 bits per heavy atom. The van der Waals surface area contributed by atoms with Crippen LogP contribution < -0.4 is 5.73 Å². The molecule has 0 unspecified atom stereocenters. The molecule has 0 radical (unpaired) electrons. The Bertz CT molecular complexity index is 569. The zero-order chi connectivity index (χ0) is 13.9. The highest BCUT2D eigenvalue weighted by Crippen LogP contribution is 2.33. The Morgan fingerprint density at radius 3 is 2.70 bits per heavy atom. The minimum atomic E-state index is 0.664. The third kappa shape index (κ3) is 2.62. The molecule has 2 N–H and O–H groups in total. The molecule has 20 heavy (non-hydrogen) atoms. The first kappa shape index (κ1) is 14.1. The molecule has 2 nitrogen and oxygen atoms in total. The van der Waals surface area contributed by atoms with Crippen molar-refractivity contribution in [3.63, 3.8) is 0 Å². The van der Waals surface area contributed by atoms with E-state index >= 15 is 0 Å². The fourth-order valence-corrected chi connectivity index (χ4v) is 4.55. The van der Waals surface area contributed by atoms with Crippen LogP contribution in [0.2, 0.25) is 0 Å². The highest BCUT2D eigenvalue weighted by molar-refractivity contribution is 7.19. The second-order valence-corrected chi connectivity index (χ2v) is 6.84. The molecule has 0 saturated heterocycles. The summed E-state index contributed by atoms with van der Waals surface area (Å²) in [5.74, 6) is 0. The fourth-order valence-electron chi connectivity index (χ4n) is 3.46. The molecule has 0 amide bonds. The Morgan fingerprint density at radius 1 is 1.25 bits per heavy atom. The van der Waals surface area contributed by atoms with Crippen molar-refractivity contribution < 1.29 is 0 Å². The van der Waals surface area contributed by atoms with Crippen molar-refractivity contribution in [1.82, 2.24) is 4.90 Å². The molecule has 0 atom stereocenters. The topological polar surface area (TPSA) is 29.3 Å². The van der Waals surface area contributed by atoms with Gasteiger partial charge < -0.3 is 5.73 Å². The number of benzene rings is 1. The Balaban J connectivity index is 1.91. The maximum Gasteiger partial charge on any atom is 0.0349 e. The lowest BCUT2D eigenvalue weighted by Gasteiger charge is -2.27. The second-order valence-electron chi connectivity index (χ2n) is 5.71. The largest absolute Gasteiger partial charge is 0.326 e. The average molecular weight is 288 g/mol. The Kier molecular flexibility index (Phi) is 4.39. The van der Waals surface area contributed by atoms with Gasteiger partial charge in [-0.1, -0.05) is 38.0 Å². The third-order valence-electron chi connectivity index (χ3n) is 4.58. The summed E-state index contributed by atoms with van der Waals surface area (Å²) in [6.45, 7) is 5.16. The van der Waals surface area contributed by atoms with Gasteiger partial charge in [-0.05, 0) is 36.4 Å². The third-order valence-corrected chi connectivity index (χ3v) is 5.81. The lowest BCUT2D eigenvalue weighted by molar-refractivity contribution is 0.201. The van der Waals surface area contributed by atoms with Gasteiger partial charge in [-0.3, -0.25) is 4.90 Å². The van der Waals surface area contributed by atoms with E-state index in [1.54, 1.807) is 0 Å². The van der Waals surface area contributed by atoms with Crippen LogP contribution in [0.15, 0.2) is 24.3 Å². The monoisotopic (exact) mass is 288 g/mol. The number of thiophene rings is 1. The molecule has 1 aromatic heterocycles. The maximum atomic E-state index is 5.98. The van der Waals surface area contributed by atoms with Gasteiger partial charge in [0.1, 0.15) is 0 Å². The van der Waals surface area contributed by atoms with E-state index in [0.717, 1.165) is 19.1 Å². The quantitative estimate of drug-likeness (QED) is 0.896. The van der Waals surface area contributed by atoms with Crippen molar-refractivity contribution in [3.05, 3.63) is 34.7 Å². The summed E-state index contributed by atoms with van der Waals surface area (Å²) in [5, 5.41) is 1.41. The van der Waals surface area contributed by atoms with Crippen molar-refractivity contribution >= 4 is 21.4 Å². The number of nitrogens with zero attached hydrogens (tertiary/aromatic N) is 1. The van der Waals surface area contributed by atoms with Gasteiger partial charge in [-0.25, -0.2) is 0 Å². The van der Waals surface area contributed by atoms with Crippen LogP contribution in [0.25, 0.3) is 10.1 Å². The first-order valence-corrected chi connectivity index (χ1v) is 8.58. The standard InChI is InChI=1S/C17H24N2S/c1-2-19(13-7-3-4-8-13)12-15-14-9-5-6-10-16(14)20-17(15)11-18/h5-6,9-10,13H,2-4,7-8,11-12,18H2,1H3. The van der Waals surface area contributed by atoms with Crippen LogP contribution in [0.4, 0.5) is 0 Å². The summed E-state index contributed by atoms with van der Waals surface area (Å²) in [5.41, 5.74) is 7.45. The Labute approximate surface area is 125 Å². The molecule has 0 bridgehead atoms. The lowest BCUT2D eigenvalue weighted by atomic mass is 10.1. The summed E-state index contributed by atoms with van der Waals surface area (Å²) >= 11 is 1.87. The van der Waals surface area contributed by atoms with Gasteiger partial charge in [0, 0.05) is 28.7 Å². The summed E-state index contributed by atoms with van der Waals surface area (Å²) in [6, 6.07) is 9.52. The summed E-state index contributed by atoms with van der Waals surface area (Å²) in [6.07, 6.45) is 5.53. The molecule has 1 heterocycles. The van der Waals surface area contributed by atoms with E-state index in [-0.39, 0.29) is 0 Å². The van der Waals surface area contributed by atoms with Gasteiger partial charge in [0.15, 0.2) is 0 Å². The predicted molar refractivity (Wildman–Crippen MR) is 88.1 cm³/mol. The van der Waals surface area contributed by atoms with Gasteiger partial charge in [0.05, 0.1) is 0 Å². The molecule has 1 fully saturated rings. The molecule has 0 aliphatic heterocycles. The molecular formula is C17H24N2S. The zero-order valence-corrected chi connectivity index (χ0v) is 13.1. The van der Waals surface area contributed by atoms with Crippen LogP contribution >= 0.6 is 11.3 Å². The van der Waals surface area contributed by atoms with Crippen LogP contribution in [-0.4, -0.2) is 17.5 Å². The van der Waals surface area contributed by atoms with E-state index in [4.69, 9.17) is 5.73 Å². The Hall–Kier alpha value is -0.900. The van der Waals surface area contributed by atoms with Gasteiger partial charge in [-0.15, -0.1) is 11.3 Å². The van der Waals surface area contributed by atoms with E-state index in [9.17, 15) is 0 Å². The number of hydrogen-bond acceptors (Lipinski definition) is 3. The highest BCUT2D eigenvalue weighted by Gasteiger charge is 2.23. The van der Waals surface area contributed by atoms with Crippen LogP contribution in [0, 0.1) is 0 Å². The molecule has 3 heteroatoms.